The van der Waals surface area contributed by atoms with E-state index in [2.05, 4.69) is 5.32 Å². The second-order valence-corrected chi connectivity index (χ2v) is 9.40. The maximum absolute atomic E-state index is 12.5. The molecule has 0 saturated carbocycles. The summed E-state index contributed by atoms with van der Waals surface area (Å²) < 4.78 is 26.1. The van der Waals surface area contributed by atoms with E-state index in [4.69, 9.17) is 23.7 Å². The summed E-state index contributed by atoms with van der Waals surface area (Å²) in [4.78, 5) is 49.0. The second-order valence-electron chi connectivity index (χ2n) is 9.40. The molecule has 0 aromatic heterocycles. The molecule has 0 spiro atoms. The summed E-state index contributed by atoms with van der Waals surface area (Å²) in [7, 11) is 1.27. The molecule has 1 aromatic carbocycles. The van der Waals surface area contributed by atoms with Crippen LogP contribution in [0.4, 0.5) is 4.79 Å². The van der Waals surface area contributed by atoms with Gasteiger partial charge in [-0.15, -0.1) is 0 Å². The number of esters is 3. The lowest BCUT2D eigenvalue weighted by Gasteiger charge is -2.19. The van der Waals surface area contributed by atoms with Gasteiger partial charge in [0.2, 0.25) is 0 Å². The van der Waals surface area contributed by atoms with Gasteiger partial charge in [-0.25, -0.2) is 4.79 Å². The van der Waals surface area contributed by atoms with E-state index in [0.29, 0.717) is 18.4 Å². The number of nitrogens with one attached hydrogen (secondary N) is 1. The number of carbonyl (C=O) groups excluding carboxylic acids is 4. The number of rotatable bonds is 16. The Hall–Kier alpha value is -3.14. The zero-order chi connectivity index (χ0) is 28.7. The van der Waals surface area contributed by atoms with Gasteiger partial charge in [0.15, 0.2) is 11.5 Å². The quantitative estimate of drug-likeness (QED) is 0.183. The fourth-order valence-corrected chi connectivity index (χ4v) is 2.95. The van der Waals surface area contributed by atoms with Crippen LogP contribution in [0, 0.1) is 17.8 Å². The molecule has 0 aliphatic heterocycles. The van der Waals surface area contributed by atoms with Crippen molar-refractivity contribution in [2.75, 3.05) is 26.9 Å². The molecule has 1 aromatic rings. The summed E-state index contributed by atoms with van der Waals surface area (Å²) >= 11 is 0. The van der Waals surface area contributed by atoms with Crippen LogP contribution in [0.25, 0.3) is 0 Å². The molecule has 38 heavy (non-hydrogen) atoms. The Balaban J connectivity index is 2.94. The summed E-state index contributed by atoms with van der Waals surface area (Å²) in [5, 5.41) is 3.01. The van der Waals surface area contributed by atoms with Gasteiger partial charge in [0.25, 0.3) is 0 Å². The minimum atomic E-state index is -0.772. The van der Waals surface area contributed by atoms with Gasteiger partial charge in [0.1, 0.15) is 12.6 Å². The van der Waals surface area contributed by atoms with Gasteiger partial charge in [-0.1, -0.05) is 54.0 Å². The topological polar surface area (TPSA) is 126 Å². The molecule has 4 atom stereocenters. The van der Waals surface area contributed by atoms with E-state index in [1.165, 1.54) is 7.11 Å². The van der Waals surface area contributed by atoms with Crippen molar-refractivity contribution in [2.45, 2.75) is 73.3 Å². The highest BCUT2D eigenvalue weighted by Gasteiger charge is 2.23. The van der Waals surface area contributed by atoms with Crippen LogP contribution in [0.3, 0.4) is 0 Å². The minimum Gasteiger partial charge on any atom is -0.468 e. The molecule has 1 rings (SSSR count). The van der Waals surface area contributed by atoms with E-state index >= 15 is 0 Å². The Kier molecular flexibility index (Phi) is 15.0. The SMILES string of the molecule is CCC(C)COC(=O)OCCN[C@@H](Cc1ccc(OC(=O)C(C)CC)c(OC(=O)C(C)CC)c1)C(=O)OC. The van der Waals surface area contributed by atoms with Crippen LogP contribution in [0.2, 0.25) is 0 Å². The van der Waals surface area contributed by atoms with E-state index < -0.39 is 30.1 Å². The molecule has 0 saturated heterocycles. The van der Waals surface area contributed by atoms with Gasteiger partial charge in [0.05, 0.1) is 25.6 Å². The Morgan fingerprint density at radius 3 is 1.97 bits per heavy atom. The molecule has 0 heterocycles. The van der Waals surface area contributed by atoms with Gasteiger partial charge in [0, 0.05) is 6.54 Å². The number of hydrogen-bond acceptors (Lipinski definition) is 10. The first-order valence-corrected chi connectivity index (χ1v) is 13.2. The van der Waals surface area contributed by atoms with Crippen LogP contribution in [0.5, 0.6) is 11.5 Å². The highest BCUT2D eigenvalue weighted by atomic mass is 16.7. The Morgan fingerprint density at radius 2 is 1.42 bits per heavy atom. The molecule has 3 unspecified atom stereocenters. The molecule has 0 bridgehead atoms. The Morgan fingerprint density at radius 1 is 0.816 bits per heavy atom. The number of carbonyl (C=O) groups is 4. The van der Waals surface area contributed by atoms with Crippen LogP contribution in [0.15, 0.2) is 18.2 Å². The second kappa shape index (κ2) is 17.4. The zero-order valence-corrected chi connectivity index (χ0v) is 23.7. The summed E-state index contributed by atoms with van der Waals surface area (Å²) in [5.74, 6) is -1.61. The third kappa shape index (κ3) is 11.5. The van der Waals surface area contributed by atoms with Crippen molar-refractivity contribution in [1.29, 1.82) is 0 Å². The van der Waals surface area contributed by atoms with Crippen LogP contribution >= 0.6 is 0 Å². The highest BCUT2D eigenvalue weighted by molar-refractivity contribution is 5.79. The van der Waals surface area contributed by atoms with Crippen molar-refractivity contribution in [3.8, 4) is 11.5 Å². The van der Waals surface area contributed by atoms with Crippen LogP contribution in [0.1, 0.15) is 66.4 Å². The largest absolute Gasteiger partial charge is 0.508 e. The van der Waals surface area contributed by atoms with E-state index in [-0.39, 0.29) is 55.4 Å². The lowest BCUT2D eigenvalue weighted by molar-refractivity contribution is -0.143. The average Bonchev–Trinajstić information content (AvgIpc) is 2.92. The number of methoxy groups -OCH3 is 1. The van der Waals surface area contributed by atoms with Crippen molar-refractivity contribution in [2.24, 2.45) is 17.8 Å². The van der Waals surface area contributed by atoms with E-state index in [1.807, 2.05) is 27.7 Å². The van der Waals surface area contributed by atoms with Gasteiger partial charge in [-0.05, 0) is 42.9 Å². The summed E-state index contributed by atoms with van der Waals surface area (Å²) in [6.07, 6.45) is 1.48. The molecule has 0 aliphatic rings. The zero-order valence-electron chi connectivity index (χ0n) is 23.7. The number of ether oxygens (including phenoxy) is 5. The van der Waals surface area contributed by atoms with Crippen molar-refractivity contribution in [1.82, 2.24) is 5.32 Å². The third-order valence-electron chi connectivity index (χ3n) is 6.28. The molecule has 0 aliphatic carbocycles. The first kappa shape index (κ1) is 32.9. The molecule has 10 heteroatoms. The molecule has 0 radical (unpaired) electrons. The third-order valence-corrected chi connectivity index (χ3v) is 6.28. The fraction of sp³-hybridized carbons (Fsp3) is 0.643. The monoisotopic (exact) mass is 537 g/mol. The van der Waals surface area contributed by atoms with Crippen molar-refractivity contribution >= 4 is 24.1 Å². The smallest absolute Gasteiger partial charge is 0.468 e. The van der Waals surface area contributed by atoms with Gasteiger partial charge in [-0.2, -0.15) is 0 Å². The van der Waals surface area contributed by atoms with Gasteiger partial charge < -0.3 is 29.0 Å². The van der Waals surface area contributed by atoms with E-state index in [1.54, 1.807) is 32.0 Å². The van der Waals surface area contributed by atoms with Crippen molar-refractivity contribution in [3.05, 3.63) is 23.8 Å². The van der Waals surface area contributed by atoms with E-state index in [9.17, 15) is 19.2 Å². The Labute approximate surface area is 225 Å². The lowest BCUT2D eigenvalue weighted by atomic mass is 10.0. The summed E-state index contributed by atoms with van der Waals surface area (Å²) in [5.41, 5.74) is 0.636. The predicted molar refractivity (Wildman–Crippen MR) is 141 cm³/mol. The molecular weight excluding hydrogens is 494 g/mol. The Bertz CT molecular complexity index is 918. The first-order valence-electron chi connectivity index (χ1n) is 13.2. The highest BCUT2D eigenvalue weighted by Crippen LogP contribution is 2.31. The normalized spacial score (nSPS) is 14.0. The number of benzene rings is 1. The lowest BCUT2D eigenvalue weighted by Crippen LogP contribution is -2.41. The fourth-order valence-electron chi connectivity index (χ4n) is 2.95. The van der Waals surface area contributed by atoms with E-state index in [0.717, 1.165) is 6.42 Å². The number of hydrogen-bond donors (Lipinski definition) is 1. The van der Waals surface area contributed by atoms with Crippen molar-refractivity contribution < 1.29 is 42.9 Å². The summed E-state index contributed by atoms with van der Waals surface area (Å²) in [6, 6.07) is 4.02. The maximum Gasteiger partial charge on any atom is 0.508 e. The molecule has 0 fully saturated rings. The van der Waals surface area contributed by atoms with Crippen LogP contribution in [-0.4, -0.2) is 57.0 Å². The molecule has 1 N–H and O–H groups in total. The summed E-state index contributed by atoms with van der Waals surface area (Å²) in [6.45, 7) is 11.7. The van der Waals surface area contributed by atoms with Crippen molar-refractivity contribution in [3.63, 3.8) is 0 Å². The minimum absolute atomic E-state index is 0.00486. The molecule has 214 valence electrons. The molecule has 0 amide bonds. The maximum atomic E-state index is 12.5. The van der Waals surface area contributed by atoms with Gasteiger partial charge in [-0.3, -0.25) is 14.4 Å². The molecular formula is C28H43NO9. The first-order chi connectivity index (χ1) is 18.1. The average molecular weight is 538 g/mol. The van der Waals surface area contributed by atoms with Crippen LogP contribution < -0.4 is 14.8 Å². The predicted octanol–water partition coefficient (Wildman–Crippen LogP) is 4.46. The van der Waals surface area contributed by atoms with Crippen LogP contribution in [-0.2, 0) is 35.0 Å². The molecule has 10 nitrogen and oxygen atoms in total. The standard InChI is InChI=1S/C28H43NO9/c1-8-18(4)17-36-28(33)35-14-13-29-22(27(32)34-7)15-21-11-12-23(37-25(30)19(5)9-2)24(16-21)38-26(31)20(6)10-3/h11-12,16,18-20,22,29H,8-10,13-15,17H2,1-7H3/t18?,19?,20?,22-/m0/s1. The van der Waals surface area contributed by atoms with Gasteiger partial charge >= 0.3 is 24.1 Å².